The Labute approximate surface area is 166 Å². The molecule has 0 fully saturated rings. The molecular formula is C19H22F3N3O4. The van der Waals surface area contributed by atoms with E-state index in [0.717, 1.165) is 11.3 Å². The molecule has 1 atom stereocenters. The van der Waals surface area contributed by atoms with Gasteiger partial charge in [-0.3, -0.25) is 9.78 Å². The van der Waals surface area contributed by atoms with Crippen molar-refractivity contribution in [3.05, 3.63) is 47.3 Å². The number of aromatic nitrogens is 2. The number of nitrogens with zero attached hydrogens (tertiary/aromatic N) is 2. The van der Waals surface area contributed by atoms with Crippen molar-refractivity contribution in [2.45, 2.75) is 26.1 Å². The van der Waals surface area contributed by atoms with Crippen LogP contribution in [0.1, 0.15) is 34.6 Å². The Morgan fingerprint density at radius 2 is 1.97 bits per heavy atom. The summed E-state index contributed by atoms with van der Waals surface area (Å²) in [7, 11) is 1.46. The number of nitrogens with one attached hydrogen (secondary N) is 1. The topological polar surface area (TPSA) is 82.6 Å². The van der Waals surface area contributed by atoms with Crippen LogP contribution in [-0.4, -0.2) is 49.0 Å². The van der Waals surface area contributed by atoms with Crippen LogP contribution < -0.4 is 14.8 Å². The first-order valence-electron chi connectivity index (χ1n) is 8.75. The Morgan fingerprint density at radius 1 is 1.21 bits per heavy atom. The standard InChI is InChI=1S/C19H22F3N3O4/c1-12-10-14(6-7-23-12)13(2)24-17(26)15-4-5-16(29-11-19(20,21)22)25-18(15)28-9-8-27-3/h4-7,10,13H,8-9,11H2,1-3H3,(H,24,26). The van der Waals surface area contributed by atoms with Crippen molar-refractivity contribution in [1.82, 2.24) is 15.3 Å². The van der Waals surface area contributed by atoms with Crippen LogP contribution in [0.4, 0.5) is 13.2 Å². The first-order valence-corrected chi connectivity index (χ1v) is 8.75. The number of carbonyl (C=O) groups is 1. The van der Waals surface area contributed by atoms with Crippen LogP contribution in [-0.2, 0) is 4.74 Å². The minimum absolute atomic E-state index is 0.0611. The highest BCUT2D eigenvalue weighted by atomic mass is 19.4. The summed E-state index contributed by atoms with van der Waals surface area (Å²) >= 11 is 0. The normalized spacial score (nSPS) is 12.3. The summed E-state index contributed by atoms with van der Waals surface area (Å²) < 4.78 is 52.0. The van der Waals surface area contributed by atoms with Gasteiger partial charge in [-0.15, -0.1) is 0 Å². The average Bonchev–Trinajstić information content (AvgIpc) is 2.66. The molecule has 0 bridgehead atoms. The number of hydrogen-bond donors (Lipinski definition) is 1. The molecular weight excluding hydrogens is 391 g/mol. The monoisotopic (exact) mass is 413 g/mol. The van der Waals surface area contributed by atoms with E-state index in [0.29, 0.717) is 0 Å². The van der Waals surface area contributed by atoms with E-state index in [1.54, 1.807) is 19.2 Å². The number of ether oxygens (including phenoxy) is 3. The molecule has 0 saturated carbocycles. The highest BCUT2D eigenvalue weighted by molar-refractivity contribution is 5.96. The number of rotatable bonds is 9. The number of methoxy groups -OCH3 is 1. The number of amides is 1. The summed E-state index contributed by atoms with van der Waals surface area (Å²) in [6.45, 7) is 2.41. The first-order chi connectivity index (χ1) is 13.7. The van der Waals surface area contributed by atoms with Crippen molar-refractivity contribution >= 4 is 5.91 Å². The molecule has 0 aliphatic heterocycles. The number of alkyl halides is 3. The molecule has 2 aromatic rings. The summed E-state index contributed by atoms with van der Waals surface area (Å²) in [6, 6.07) is 5.77. The second-order valence-corrected chi connectivity index (χ2v) is 6.17. The van der Waals surface area contributed by atoms with Gasteiger partial charge >= 0.3 is 6.18 Å². The van der Waals surface area contributed by atoms with E-state index in [-0.39, 0.29) is 36.6 Å². The van der Waals surface area contributed by atoms with Crippen molar-refractivity contribution in [1.29, 1.82) is 0 Å². The fourth-order valence-electron chi connectivity index (χ4n) is 2.36. The Morgan fingerprint density at radius 3 is 2.62 bits per heavy atom. The van der Waals surface area contributed by atoms with Crippen molar-refractivity contribution in [2.24, 2.45) is 0 Å². The molecule has 158 valence electrons. The average molecular weight is 413 g/mol. The molecule has 10 heteroatoms. The lowest BCUT2D eigenvalue weighted by Gasteiger charge is -2.17. The van der Waals surface area contributed by atoms with E-state index in [1.165, 1.54) is 19.2 Å². The summed E-state index contributed by atoms with van der Waals surface area (Å²) in [4.78, 5) is 20.7. The molecule has 1 N–H and O–H groups in total. The van der Waals surface area contributed by atoms with Gasteiger partial charge in [-0.2, -0.15) is 18.2 Å². The number of carbonyl (C=O) groups excluding carboxylic acids is 1. The van der Waals surface area contributed by atoms with Crippen LogP contribution in [0.5, 0.6) is 11.8 Å². The molecule has 7 nitrogen and oxygen atoms in total. The van der Waals surface area contributed by atoms with Gasteiger partial charge in [0.05, 0.1) is 12.6 Å². The molecule has 0 radical (unpaired) electrons. The molecule has 2 heterocycles. The molecule has 0 aliphatic carbocycles. The largest absolute Gasteiger partial charge is 0.475 e. The van der Waals surface area contributed by atoms with Crippen molar-refractivity contribution < 1.29 is 32.2 Å². The van der Waals surface area contributed by atoms with Crippen molar-refractivity contribution in [3.63, 3.8) is 0 Å². The third-order valence-electron chi connectivity index (χ3n) is 3.76. The van der Waals surface area contributed by atoms with Crippen molar-refractivity contribution in [2.75, 3.05) is 26.9 Å². The van der Waals surface area contributed by atoms with Gasteiger partial charge in [0.1, 0.15) is 12.2 Å². The number of pyridine rings is 2. The van der Waals surface area contributed by atoms with Crippen LogP contribution in [0, 0.1) is 6.92 Å². The minimum atomic E-state index is -4.51. The maximum Gasteiger partial charge on any atom is 0.422 e. The minimum Gasteiger partial charge on any atom is -0.475 e. The fraction of sp³-hybridized carbons (Fsp3) is 0.421. The van der Waals surface area contributed by atoms with Gasteiger partial charge in [-0.05, 0) is 37.6 Å². The molecule has 29 heavy (non-hydrogen) atoms. The molecule has 0 saturated heterocycles. The summed E-state index contributed by atoms with van der Waals surface area (Å²) in [5, 5.41) is 2.81. The molecule has 1 amide bonds. The zero-order valence-corrected chi connectivity index (χ0v) is 16.2. The van der Waals surface area contributed by atoms with Gasteiger partial charge in [0.15, 0.2) is 6.61 Å². The van der Waals surface area contributed by atoms with Gasteiger partial charge in [-0.1, -0.05) is 0 Å². The highest BCUT2D eigenvalue weighted by Crippen LogP contribution is 2.23. The molecule has 1 unspecified atom stereocenters. The second kappa shape index (κ2) is 10.1. The van der Waals surface area contributed by atoms with Gasteiger partial charge in [-0.25, -0.2) is 0 Å². The molecule has 2 aromatic heterocycles. The third-order valence-corrected chi connectivity index (χ3v) is 3.76. The summed E-state index contributed by atoms with van der Waals surface area (Å²) in [5.74, 6) is -0.935. The first kappa shape index (κ1) is 22.4. The van der Waals surface area contributed by atoms with Crippen LogP contribution in [0.3, 0.4) is 0 Å². The zero-order chi connectivity index (χ0) is 21.4. The maximum atomic E-state index is 12.7. The number of halogens is 3. The fourth-order valence-corrected chi connectivity index (χ4v) is 2.36. The summed E-state index contributed by atoms with van der Waals surface area (Å²) in [5.41, 5.74) is 1.73. The Hall–Kier alpha value is -2.88. The quantitative estimate of drug-likeness (QED) is 0.636. The van der Waals surface area contributed by atoms with Gasteiger partial charge in [0.25, 0.3) is 5.91 Å². The van der Waals surface area contributed by atoms with E-state index in [2.05, 4.69) is 20.0 Å². The van der Waals surface area contributed by atoms with Crippen molar-refractivity contribution in [3.8, 4) is 11.8 Å². The van der Waals surface area contributed by atoms with Crippen LogP contribution in [0.15, 0.2) is 30.5 Å². The highest BCUT2D eigenvalue weighted by Gasteiger charge is 2.29. The third kappa shape index (κ3) is 7.22. The SMILES string of the molecule is COCCOc1nc(OCC(F)(F)F)ccc1C(=O)NC(C)c1ccnc(C)c1. The second-order valence-electron chi connectivity index (χ2n) is 6.17. The number of aryl methyl sites for hydroxylation is 1. The van der Waals surface area contributed by atoms with E-state index in [1.807, 2.05) is 13.0 Å². The molecule has 0 aliphatic rings. The summed E-state index contributed by atoms with van der Waals surface area (Å²) in [6.07, 6.45) is -2.87. The predicted octanol–water partition coefficient (Wildman–Crippen LogP) is 3.24. The van der Waals surface area contributed by atoms with E-state index < -0.39 is 18.7 Å². The smallest absolute Gasteiger partial charge is 0.422 e. The molecule has 2 rings (SSSR count). The van der Waals surface area contributed by atoms with E-state index in [9.17, 15) is 18.0 Å². The lowest BCUT2D eigenvalue weighted by Crippen LogP contribution is -2.28. The van der Waals surface area contributed by atoms with Gasteiger partial charge < -0.3 is 19.5 Å². The van der Waals surface area contributed by atoms with Crippen LogP contribution in [0.25, 0.3) is 0 Å². The van der Waals surface area contributed by atoms with Crippen LogP contribution >= 0.6 is 0 Å². The Balaban J connectivity index is 2.18. The lowest BCUT2D eigenvalue weighted by atomic mass is 10.1. The lowest BCUT2D eigenvalue weighted by molar-refractivity contribution is -0.154. The molecule has 0 aromatic carbocycles. The van der Waals surface area contributed by atoms with Gasteiger partial charge in [0, 0.05) is 25.1 Å². The van der Waals surface area contributed by atoms with E-state index >= 15 is 0 Å². The number of hydrogen-bond acceptors (Lipinski definition) is 6. The maximum absolute atomic E-state index is 12.7. The predicted molar refractivity (Wildman–Crippen MR) is 98.0 cm³/mol. The zero-order valence-electron chi connectivity index (χ0n) is 16.2. The van der Waals surface area contributed by atoms with Crippen LogP contribution in [0.2, 0.25) is 0 Å². The Bertz CT molecular complexity index is 831. The van der Waals surface area contributed by atoms with Gasteiger partial charge in [0.2, 0.25) is 11.8 Å². The Kier molecular flexibility index (Phi) is 7.77. The van der Waals surface area contributed by atoms with E-state index in [4.69, 9.17) is 9.47 Å². The molecule has 0 spiro atoms.